The Morgan fingerprint density at radius 3 is 2.81 bits per heavy atom. The van der Waals surface area contributed by atoms with Crippen molar-refractivity contribution in [2.24, 2.45) is 5.73 Å². The van der Waals surface area contributed by atoms with Gasteiger partial charge in [0.15, 0.2) is 5.69 Å². The first-order valence-corrected chi connectivity index (χ1v) is 4.82. The zero-order valence-corrected chi connectivity index (χ0v) is 8.43. The summed E-state index contributed by atoms with van der Waals surface area (Å²) in [6, 6.07) is 3.11. The number of anilines is 1. The van der Waals surface area contributed by atoms with E-state index in [1.807, 2.05) is 0 Å². The van der Waals surface area contributed by atoms with Gasteiger partial charge in [-0.2, -0.15) is 0 Å². The Morgan fingerprint density at radius 2 is 2.31 bits per heavy atom. The van der Waals surface area contributed by atoms with Gasteiger partial charge < -0.3 is 16.4 Å². The fraction of sp³-hybridized carbons (Fsp3) is 0.333. The minimum absolute atomic E-state index is 0.0132. The van der Waals surface area contributed by atoms with Gasteiger partial charge in [-0.1, -0.05) is 0 Å². The monoisotopic (exact) mass is 221 g/mol. The number of hydrogen-bond acceptors (Lipinski definition) is 5. The van der Waals surface area contributed by atoms with E-state index in [2.05, 4.69) is 20.8 Å². The highest BCUT2D eigenvalue weighted by Crippen LogP contribution is 2.08. The minimum atomic E-state index is -0.614. The smallest absolute Gasteiger partial charge is 0.269 e. The van der Waals surface area contributed by atoms with E-state index in [1.165, 1.54) is 6.07 Å². The van der Waals surface area contributed by atoms with E-state index in [9.17, 15) is 9.59 Å². The van der Waals surface area contributed by atoms with Crippen LogP contribution in [-0.4, -0.2) is 34.6 Å². The van der Waals surface area contributed by atoms with E-state index in [0.29, 0.717) is 18.8 Å². The van der Waals surface area contributed by atoms with Crippen molar-refractivity contribution in [3.8, 4) is 0 Å². The van der Waals surface area contributed by atoms with Gasteiger partial charge >= 0.3 is 0 Å². The Kier molecular flexibility index (Phi) is 2.67. The molecule has 0 aliphatic carbocycles. The number of rotatable bonds is 3. The molecule has 1 unspecified atom stereocenters. The summed E-state index contributed by atoms with van der Waals surface area (Å²) < 4.78 is 0. The summed E-state index contributed by atoms with van der Waals surface area (Å²) in [5.74, 6) is -0.0810. The van der Waals surface area contributed by atoms with Gasteiger partial charge in [-0.25, -0.2) is 0 Å². The third kappa shape index (κ3) is 2.25. The van der Waals surface area contributed by atoms with Gasteiger partial charge in [0.05, 0.1) is 6.04 Å². The SMILES string of the molecule is NC(=O)c1ccc(NC2CNC(=O)C2)nn1. The van der Waals surface area contributed by atoms with Crippen LogP contribution in [0.5, 0.6) is 0 Å². The number of amides is 2. The normalized spacial score (nSPS) is 19.2. The summed E-state index contributed by atoms with van der Waals surface area (Å²) >= 11 is 0. The van der Waals surface area contributed by atoms with E-state index in [1.54, 1.807) is 6.07 Å². The van der Waals surface area contributed by atoms with E-state index in [-0.39, 0.29) is 17.6 Å². The molecule has 1 aromatic heterocycles. The van der Waals surface area contributed by atoms with Crippen LogP contribution in [0.2, 0.25) is 0 Å². The van der Waals surface area contributed by atoms with E-state index < -0.39 is 5.91 Å². The van der Waals surface area contributed by atoms with Crippen LogP contribution in [0.1, 0.15) is 16.9 Å². The quantitative estimate of drug-likeness (QED) is 0.598. The van der Waals surface area contributed by atoms with Crippen molar-refractivity contribution in [1.82, 2.24) is 15.5 Å². The lowest BCUT2D eigenvalue weighted by Gasteiger charge is -2.09. The molecule has 0 radical (unpaired) electrons. The molecule has 1 atom stereocenters. The molecular weight excluding hydrogens is 210 g/mol. The Balaban J connectivity index is 2.00. The molecule has 0 bridgehead atoms. The van der Waals surface area contributed by atoms with Crippen LogP contribution in [-0.2, 0) is 4.79 Å². The molecule has 7 heteroatoms. The molecule has 0 saturated carbocycles. The zero-order chi connectivity index (χ0) is 11.5. The van der Waals surface area contributed by atoms with Gasteiger partial charge in [-0.05, 0) is 12.1 Å². The van der Waals surface area contributed by atoms with Crippen LogP contribution >= 0.6 is 0 Å². The number of carbonyl (C=O) groups is 2. The van der Waals surface area contributed by atoms with Gasteiger partial charge in [0.25, 0.3) is 5.91 Å². The molecule has 84 valence electrons. The molecule has 1 fully saturated rings. The van der Waals surface area contributed by atoms with Crippen LogP contribution in [0.15, 0.2) is 12.1 Å². The fourth-order valence-corrected chi connectivity index (χ4v) is 1.46. The molecule has 1 aliphatic rings. The molecule has 1 saturated heterocycles. The first-order valence-electron chi connectivity index (χ1n) is 4.82. The summed E-state index contributed by atoms with van der Waals surface area (Å²) in [6.07, 6.45) is 0.416. The Hall–Kier alpha value is -2.18. The number of nitrogens with two attached hydrogens (primary N) is 1. The maximum Gasteiger partial charge on any atom is 0.269 e. The lowest BCUT2D eigenvalue weighted by Crippen LogP contribution is -2.23. The molecule has 7 nitrogen and oxygen atoms in total. The van der Waals surface area contributed by atoms with Crippen LogP contribution in [0.4, 0.5) is 5.82 Å². The van der Waals surface area contributed by atoms with Gasteiger partial charge in [-0.3, -0.25) is 9.59 Å². The minimum Gasteiger partial charge on any atom is -0.364 e. The summed E-state index contributed by atoms with van der Waals surface area (Å²) in [5.41, 5.74) is 5.15. The average molecular weight is 221 g/mol. The molecular formula is C9H11N5O2. The van der Waals surface area contributed by atoms with Crippen molar-refractivity contribution in [3.63, 3.8) is 0 Å². The summed E-state index contributed by atoms with van der Waals surface area (Å²) in [5, 5.41) is 13.2. The van der Waals surface area contributed by atoms with Crippen molar-refractivity contribution in [2.75, 3.05) is 11.9 Å². The maximum absolute atomic E-state index is 10.9. The molecule has 0 aromatic carbocycles. The molecule has 1 aliphatic heterocycles. The Labute approximate surface area is 91.4 Å². The summed E-state index contributed by atoms with van der Waals surface area (Å²) in [7, 11) is 0. The summed E-state index contributed by atoms with van der Waals surface area (Å²) in [4.78, 5) is 21.7. The Morgan fingerprint density at radius 1 is 1.50 bits per heavy atom. The standard InChI is InChI=1S/C9H11N5O2/c10-9(16)6-1-2-7(14-13-6)12-5-3-8(15)11-4-5/h1-2,5H,3-4H2,(H2,10,16)(H,11,15)(H,12,14). The summed E-state index contributed by atoms with van der Waals surface area (Å²) in [6.45, 7) is 0.568. The number of hydrogen-bond donors (Lipinski definition) is 3. The lowest BCUT2D eigenvalue weighted by atomic mass is 10.2. The lowest BCUT2D eigenvalue weighted by molar-refractivity contribution is -0.119. The molecule has 2 heterocycles. The predicted octanol–water partition coefficient (Wildman–Crippen LogP) is -1.12. The topological polar surface area (TPSA) is 110 Å². The van der Waals surface area contributed by atoms with Crippen LogP contribution < -0.4 is 16.4 Å². The number of carbonyl (C=O) groups excluding carboxylic acids is 2. The van der Waals surface area contributed by atoms with Crippen LogP contribution in [0.25, 0.3) is 0 Å². The highest BCUT2D eigenvalue weighted by molar-refractivity contribution is 5.90. The van der Waals surface area contributed by atoms with E-state index in [4.69, 9.17) is 5.73 Å². The highest BCUT2D eigenvalue weighted by atomic mass is 16.2. The van der Waals surface area contributed by atoms with Gasteiger partial charge in [0.1, 0.15) is 5.82 Å². The zero-order valence-electron chi connectivity index (χ0n) is 8.43. The van der Waals surface area contributed by atoms with Crippen molar-refractivity contribution >= 4 is 17.6 Å². The fourth-order valence-electron chi connectivity index (χ4n) is 1.46. The van der Waals surface area contributed by atoms with Crippen molar-refractivity contribution in [1.29, 1.82) is 0 Å². The largest absolute Gasteiger partial charge is 0.364 e. The molecule has 0 spiro atoms. The van der Waals surface area contributed by atoms with E-state index in [0.717, 1.165) is 0 Å². The number of nitrogens with one attached hydrogen (secondary N) is 2. The third-order valence-corrected chi connectivity index (χ3v) is 2.25. The first-order chi connectivity index (χ1) is 7.65. The van der Waals surface area contributed by atoms with Crippen LogP contribution in [0, 0.1) is 0 Å². The number of aromatic nitrogens is 2. The molecule has 1 aromatic rings. The van der Waals surface area contributed by atoms with Gasteiger partial charge in [0, 0.05) is 13.0 Å². The Bertz CT molecular complexity index is 416. The second-order valence-corrected chi connectivity index (χ2v) is 3.52. The van der Waals surface area contributed by atoms with E-state index >= 15 is 0 Å². The highest BCUT2D eigenvalue weighted by Gasteiger charge is 2.21. The number of nitrogens with zero attached hydrogens (tertiary/aromatic N) is 2. The van der Waals surface area contributed by atoms with Crippen molar-refractivity contribution in [3.05, 3.63) is 17.8 Å². The average Bonchev–Trinajstić information content (AvgIpc) is 2.65. The second kappa shape index (κ2) is 4.13. The molecule has 16 heavy (non-hydrogen) atoms. The van der Waals surface area contributed by atoms with Gasteiger partial charge in [0.2, 0.25) is 5.91 Å². The van der Waals surface area contributed by atoms with Crippen molar-refractivity contribution < 1.29 is 9.59 Å². The molecule has 2 rings (SSSR count). The third-order valence-electron chi connectivity index (χ3n) is 2.25. The second-order valence-electron chi connectivity index (χ2n) is 3.52. The molecule has 2 amide bonds. The van der Waals surface area contributed by atoms with Crippen molar-refractivity contribution in [2.45, 2.75) is 12.5 Å². The molecule has 4 N–H and O–H groups in total. The maximum atomic E-state index is 10.9. The predicted molar refractivity (Wildman–Crippen MR) is 55.6 cm³/mol. The van der Waals surface area contributed by atoms with Crippen LogP contribution in [0.3, 0.4) is 0 Å². The number of primary amides is 1. The van der Waals surface area contributed by atoms with Gasteiger partial charge in [-0.15, -0.1) is 10.2 Å². The first kappa shape index (κ1) is 10.3.